The monoisotopic (exact) mass is 387 g/mol. The number of nitrogens with one attached hydrogen (secondary N) is 1. The van der Waals surface area contributed by atoms with Gasteiger partial charge in [-0.15, -0.1) is 10.2 Å². The van der Waals surface area contributed by atoms with Crippen molar-refractivity contribution in [2.24, 2.45) is 5.41 Å². The lowest BCUT2D eigenvalue weighted by Crippen LogP contribution is -2.29. The van der Waals surface area contributed by atoms with Crippen LogP contribution in [0.3, 0.4) is 0 Å². The summed E-state index contributed by atoms with van der Waals surface area (Å²) in [5.74, 6) is 7.02. The van der Waals surface area contributed by atoms with Crippen LogP contribution in [0, 0.1) is 17.3 Å². The highest BCUT2D eigenvalue weighted by Gasteiger charge is 2.16. The predicted octanol–water partition coefficient (Wildman–Crippen LogP) is 4.21. The lowest BCUT2D eigenvalue weighted by molar-refractivity contribution is -0.118. The van der Waals surface area contributed by atoms with Gasteiger partial charge in [-0.25, -0.2) is 0 Å². The minimum absolute atomic E-state index is 0.0430. The van der Waals surface area contributed by atoms with Crippen molar-refractivity contribution < 1.29 is 4.79 Å². The topological polar surface area (TPSA) is 74.8 Å². The molecule has 0 aliphatic carbocycles. The first kappa shape index (κ1) is 20.3. The van der Waals surface area contributed by atoms with Gasteiger partial charge in [-0.05, 0) is 55.8 Å². The van der Waals surface area contributed by atoms with E-state index in [1.807, 2.05) is 55.5 Å². The van der Waals surface area contributed by atoms with Gasteiger partial charge in [-0.3, -0.25) is 4.79 Å². The number of benzene rings is 2. The van der Waals surface area contributed by atoms with E-state index in [4.69, 9.17) is 0 Å². The van der Waals surface area contributed by atoms with Crippen LogP contribution in [0.5, 0.6) is 0 Å². The highest BCUT2D eigenvalue weighted by molar-refractivity contribution is 5.93. The maximum Gasteiger partial charge on any atom is 0.227 e. The van der Waals surface area contributed by atoms with Crippen LogP contribution in [0.1, 0.15) is 45.2 Å². The van der Waals surface area contributed by atoms with E-state index in [-0.39, 0.29) is 11.3 Å². The number of carbonyl (C=O) groups is 1. The van der Waals surface area contributed by atoms with E-state index in [2.05, 4.69) is 53.2 Å². The maximum absolute atomic E-state index is 12.7. The average Bonchev–Trinajstić information content (AvgIpc) is 3.25. The molecule has 2 aromatic carbocycles. The van der Waals surface area contributed by atoms with Gasteiger partial charge in [0, 0.05) is 28.7 Å². The molecular weight excluding hydrogens is 362 g/mol. The molecule has 0 fully saturated rings. The number of tetrazole rings is 1. The summed E-state index contributed by atoms with van der Waals surface area (Å²) in [6.45, 7) is 8.59. The molecule has 1 aromatic heterocycles. The summed E-state index contributed by atoms with van der Waals surface area (Å²) in [6, 6.07) is 15.6. The van der Waals surface area contributed by atoms with Crippen LogP contribution in [-0.4, -0.2) is 26.5 Å². The van der Waals surface area contributed by atoms with Gasteiger partial charge >= 0.3 is 0 Å². The number of amides is 1. The molecule has 148 valence electrons. The number of hydrogen-bond donors (Lipinski definition) is 1. The van der Waals surface area contributed by atoms with Crippen LogP contribution in [0.2, 0.25) is 0 Å². The highest BCUT2D eigenvalue weighted by Crippen LogP contribution is 2.24. The molecule has 1 N–H and O–H groups in total. The lowest BCUT2D eigenvalue weighted by Gasteiger charge is -2.23. The van der Waals surface area contributed by atoms with Gasteiger partial charge in [0.05, 0.1) is 6.54 Å². The summed E-state index contributed by atoms with van der Waals surface area (Å²) in [4.78, 5) is 14.5. The van der Waals surface area contributed by atoms with E-state index >= 15 is 0 Å². The summed E-state index contributed by atoms with van der Waals surface area (Å²) in [7, 11) is 0. The summed E-state index contributed by atoms with van der Waals surface area (Å²) in [5.41, 5.74) is 3.51. The average molecular weight is 387 g/mol. The molecule has 0 spiro atoms. The summed E-state index contributed by atoms with van der Waals surface area (Å²) in [5, 5.41) is 14.1. The second kappa shape index (κ2) is 8.70. The van der Waals surface area contributed by atoms with Crippen LogP contribution in [-0.2, 0) is 11.3 Å². The number of anilines is 1. The molecule has 0 aliphatic rings. The second-order valence-electron chi connectivity index (χ2n) is 7.82. The Morgan fingerprint density at radius 2 is 1.93 bits per heavy atom. The standard InChI is InChI=1S/C23H25N5O/c1-5-21(29)28(20-11-7-10-19(15-20)22-24-26-27-25-22)16-18-9-6-8-17(14-18)12-13-23(2,3)4/h6-11,14-15H,5,16H2,1-4H3,(H,24,25,26,27). The van der Waals surface area contributed by atoms with Gasteiger partial charge in [0.25, 0.3) is 0 Å². The van der Waals surface area contributed by atoms with E-state index in [9.17, 15) is 4.79 Å². The molecule has 0 unspecified atom stereocenters. The number of aromatic nitrogens is 4. The van der Waals surface area contributed by atoms with Gasteiger partial charge in [-0.1, -0.05) is 43.0 Å². The van der Waals surface area contributed by atoms with Crippen LogP contribution in [0.4, 0.5) is 5.69 Å². The molecule has 0 aliphatic heterocycles. The zero-order valence-electron chi connectivity index (χ0n) is 17.2. The number of nitrogens with zero attached hydrogens (tertiary/aromatic N) is 4. The van der Waals surface area contributed by atoms with Crippen molar-refractivity contribution in [1.82, 2.24) is 20.6 Å². The lowest BCUT2D eigenvalue weighted by atomic mass is 9.97. The van der Waals surface area contributed by atoms with Gasteiger partial charge in [0.2, 0.25) is 11.7 Å². The number of H-pyrrole nitrogens is 1. The minimum Gasteiger partial charge on any atom is -0.308 e. The Balaban J connectivity index is 1.90. The Labute approximate surface area is 171 Å². The Hall–Kier alpha value is -3.46. The number of rotatable bonds is 5. The first-order valence-corrected chi connectivity index (χ1v) is 9.62. The van der Waals surface area contributed by atoms with E-state index < -0.39 is 0 Å². The summed E-state index contributed by atoms with van der Waals surface area (Å²) >= 11 is 0. The molecule has 29 heavy (non-hydrogen) atoms. The Bertz CT molecular complexity index is 1040. The largest absolute Gasteiger partial charge is 0.308 e. The molecule has 3 aromatic rings. The zero-order valence-corrected chi connectivity index (χ0v) is 17.2. The van der Waals surface area contributed by atoms with E-state index in [1.165, 1.54) is 0 Å². The van der Waals surface area contributed by atoms with E-state index in [0.29, 0.717) is 18.8 Å². The summed E-state index contributed by atoms with van der Waals surface area (Å²) in [6.07, 6.45) is 0.413. The maximum atomic E-state index is 12.7. The fraction of sp³-hybridized carbons (Fsp3) is 0.304. The van der Waals surface area contributed by atoms with Crippen molar-refractivity contribution in [2.45, 2.75) is 40.7 Å². The smallest absolute Gasteiger partial charge is 0.227 e. The molecule has 0 radical (unpaired) electrons. The third-order valence-electron chi connectivity index (χ3n) is 4.21. The second-order valence-corrected chi connectivity index (χ2v) is 7.82. The van der Waals surface area contributed by atoms with Crippen molar-refractivity contribution in [3.63, 3.8) is 0 Å². The normalized spacial score (nSPS) is 10.9. The fourth-order valence-electron chi connectivity index (χ4n) is 2.80. The molecule has 0 saturated carbocycles. The zero-order chi connectivity index (χ0) is 20.9. The molecule has 1 amide bonds. The Morgan fingerprint density at radius 1 is 1.14 bits per heavy atom. The van der Waals surface area contributed by atoms with E-state index in [0.717, 1.165) is 22.4 Å². The first-order valence-electron chi connectivity index (χ1n) is 9.62. The van der Waals surface area contributed by atoms with Crippen molar-refractivity contribution in [3.8, 4) is 23.2 Å². The molecule has 3 rings (SSSR count). The molecule has 0 bridgehead atoms. The molecule has 0 saturated heterocycles. The van der Waals surface area contributed by atoms with Crippen molar-refractivity contribution >= 4 is 11.6 Å². The van der Waals surface area contributed by atoms with Gasteiger partial charge < -0.3 is 4.90 Å². The van der Waals surface area contributed by atoms with Crippen LogP contribution in [0.25, 0.3) is 11.4 Å². The summed E-state index contributed by atoms with van der Waals surface area (Å²) < 4.78 is 0. The Morgan fingerprint density at radius 3 is 2.62 bits per heavy atom. The number of hydrogen-bond acceptors (Lipinski definition) is 4. The first-order chi connectivity index (χ1) is 13.9. The highest BCUT2D eigenvalue weighted by atomic mass is 16.2. The molecule has 0 atom stereocenters. The molecule has 1 heterocycles. The third kappa shape index (κ3) is 5.52. The number of aromatic amines is 1. The molecule has 6 heteroatoms. The van der Waals surface area contributed by atoms with Crippen molar-refractivity contribution in [2.75, 3.05) is 4.90 Å². The van der Waals surface area contributed by atoms with Crippen molar-refractivity contribution in [1.29, 1.82) is 0 Å². The predicted molar refractivity (Wildman–Crippen MR) is 114 cm³/mol. The van der Waals surface area contributed by atoms with E-state index in [1.54, 1.807) is 4.90 Å². The Kier molecular flexibility index (Phi) is 6.08. The number of carbonyl (C=O) groups excluding carboxylic acids is 1. The third-order valence-corrected chi connectivity index (χ3v) is 4.21. The SMILES string of the molecule is CCC(=O)N(Cc1cccc(C#CC(C)(C)C)c1)c1cccc(-c2nn[nH]n2)c1. The van der Waals surface area contributed by atoms with Crippen LogP contribution in [0.15, 0.2) is 48.5 Å². The van der Waals surface area contributed by atoms with Gasteiger partial charge in [0.1, 0.15) is 0 Å². The van der Waals surface area contributed by atoms with Crippen LogP contribution >= 0.6 is 0 Å². The molecule has 6 nitrogen and oxygen atoms in total. The van der Waals surface area contributed by atoms with Crippen molar-refractivity contribution in [3.05, 3.63) is 59.7 Å². The van der Waals surface area contributed by atoms with Gasteiger partial charge in [-0.2, -0.15) is 5.21 Å². The fourth-order valence-corrected chi connectivity index (χ4v) is 2.80. The minimum atomic E-state index is -0.0597. The van der Waals surface area contributed by atoms with Crippen LogP contribution < -0.4 is 4.90 Å². The van der Waals surface area contributed by atoms with Gasteiger partial charge in [0.15, 0.2) is 0 Å². The quantitative estimate of drug-likeness (QED) is 0.666. The molecular formula is C23H25N5O.